The third-order valence-electron chi connectivity index (χ3n) is 5.74. The number of carbonyl (C=O) groups is 1. The average molecular weight is 441 g/mol. The number of alkyl halides is 3. The van der Waals surface area contributed by atoms with E-state index in [1.807, 2.05) is 18.2 Å². The molecule has 0 spiro atoms. The van der Waals surface area contributed by atoms with Crippen molar-refractivity contribution in [2.75, 3.05) is 19.7 Å². The van der Waals surface area contributed by atoms with E-state index in [1.54, 1.807) is 6.92 Å². The van der Waals surface area contributed by atoms with Crippen molar-refractivity contribution in [3.05, 3.63) is 58.3 Å². The van der Waals surface area contributed by atoms with Crippen molar-refractivity contribution in [1.29, 1.82) is 15.8 Å². The summed E-state index contributed by atoms with van der Waals surface area (Å²) in [5.41, 5.74) is 3.21. The molecule has 0 fully saturated rings. The van der Waals surface area contributed by atoms with Gasteiger partial charge in [-0.1, -0.05) is 24.3 Å². The number of allylic oxidation sites excluding steroid dienone is 2. The maximum Gasteiger partial charge on any atom is 0.416 e. The molecule has 0 saturated carbocycles. The quantitative estimate of drug-likeness (QED) is 0.699. The predicted octanol–water partition coefficient (Wildman–Crippen LogP) is 3.59. The van der Waals surface area contributed by atoms with E-state index >= 15 is 0 Å². The van der Waals surface area contributed by atoms with Crippen LogP contribution in [0.15, 0.2) is 47.2 Å². The standard InChI is InChI=1S/C22H18F3N5O2/c1-2-32-20(31)30-7-6-17-16(10-30)18(13-4-3-5-14(8-13)22(23,24)25)15(9-26)19(29)21(17,11-27)12-28/h3-6,8,16,18H,2,7,10,29H2,1H3/t16-,18+/m1/s1. The Morgan fingerprint density at radius 3 is 2.56 bits per heavy atom. The van der Waals surface area contributed by atoms with Gasteiger partial charge in [0.15, 0.2) is 0 Å². The molecule has 10 heteroatoms. The van der Waals surface area contributed by atoms with Crippen molar-refractivity contribution in [2.24, 2.45) is 17.1 Å². The second-order valence-corrected chi connectivity index (χ2v) is 7.38. The highest BCUT2D eigenvalue weighted by atomic mass is 19.4. The topological polar surface area (TPSA) is 127 Å². The van der Waals surface area contributed by atoms with E-state index in [4.69, 9.17) is 10.5 Å². The first-order valence-electron chi connectivity index (χ1n) is 9.66. The summed E-state index contributed by atoms with van der Waals surface area (Å²) in [4.78, 5) is 13.6. The van der Waals surface area contributed by atoms with Crippen molar-refractivity contribution >= 4 is 6.09 Å². The number of nitriles is 3. The molecule has 2 aliphatic rings. The largest absolute Gasteiger partial charge is 0.450 e. The zero-order valence-corrected chi connectivity index (χ0v) is 17.0. The van der Waals surface area contributed by atoms with Gasteiger partial charge in [0.2, 0.25) is 5.41 Å². The lowest BCUT2D eigenvalue weighted by Gasteiger charge is -2.44. The number of nitrogens with two attached hydrogens (primary N) is 1. The molecule has 164 valence electrons. The van der Waals surface area contributed by atoms with Crippen LogP contribution in [-0.4, -0.2) is 30.7 Å². The Hall–Kier alpha value is -3.97. The molecule has 1 aromatic carbocycles. The lowest BCUT2D eigenvalue weighted by Crippen LogP contribution is -2.48. The Bertz CT molecular complexity index is 1120. The molecule has 0 bridgehead atoms. The molecule has 32 heavy (non-hydrogen) atoms. The average Bonchev–Trinajstić information content (AvgIpc) is 2.78. The molecule has 1 aliphatic heterocycles. The summed E-state index contributed by atoms with van der Waals surface area (Å²) in [6.45, 7) is 1.71. The summed E-state index contributed by atoms with van der Waals surface area (Å²) in [5.74, 6) is -1.81. The summed E-state index contributed by atoms with van der Waals surface area (Å²) in [5, 5.41) is 29.5. The highest BCUT2D eigenvalue weighted by Crippen LogP contribution is 2.53. The smallest absolute Gasteiger partial charge is 0.416 e. The fourth-order valence-corrected chi connectivity index (χ4v) is 4.29. The fourth-order valence-electron chi connectivity index (χ4n) is 4.29. The molecule has 1 heterocycles. The van der Waals surface area contributed by atoms with Crippen molar-refractivity contribution in [3.8, 4) is 18.2 Å². The highest BCUT2D eigenvalue weighted by molar-refractivity contribution is 5.69. The summed E-state index contributed by atoms with van der Waals surface area (Å²) < 4.78 is 45.0. The van der Waals surface area contributed by atoms with Gasteiger partial charge in [-0.2, -0.15) is 29.0 Å². The lowest BCUT2D eigenvalue weighted by atomic mass is 9.60. The van der Waals surface area contributed by atoms with E-state index in [2.05, 4.69) is 0 Å². The Morgan fingerprint density at radius 2 is 2.00 bits per heavy atom. The maximum absolute atomic E-state index is 13.3. The normalized spacial score (nSPS) is 22.0. The van der Waals surface area contributed by atoms with E-state index in [9.17, 15) is 33.8 Å². The van der Waals surface area contributed by atoms with Crippen LogP contribution in [0.25, 0.3) is 0 Å². The number of carbonyl (C=O) groups excluding carboxylic acids is 1. The third-order valence-corrected chi connectivity index (χ3v) is 5.74. The molecule has 3 rings (SSSR count). The predicted molar refractivity (Wildman–Crippen MR) is 105 cm³/mol. The van der Waals surface area contributed by atoms with Crippen LogP contribution in [-0.2, 0) is 10.9 Å². The van der Waals surface area contributed by atoms with Crippen LogP contribution in [0.5, 0.6) is 0 Å². The molecular formula is C22H18F3N5O2. The Balaban J connectivity index is 2.25. The Kier molecular flexibility index (Phi) is 5.88. The highest BCUT2D eigenvalue weighted by Gasteiger charge is 2.53. The molecule has 2 N–H and O–H groups in total. The van der Waals surface area contributed by atoms with Crippen molar-refractivity contribution < 1.29 is 22.7 Å². The number of nitrogens with zero attached hydrogens (tertiary/aromatic N) is 4. The third kappa shape index (κ3) is 3.52. The molecular weight excluding hydrogens is 423 g/mol. The Morgan fingerprint density at radius 1 is 1.31 bits per heavy atom. The number of amides is 1. The van der Waals surface area contributed by atoms with Gasteiger partial charge in [0, 0.05) is 24.9 Å². The molecule has 1 aliphatic carbocycles. The summed E-state index contributed by atoms with van der Waals surface area (Å²) in [6, 6.07) is 10.1. The lowest BCUT2D eigenvalue weighted by molar-refractivity contribution is -0.137. The van der Waals surface area contributed by atoms with E-state index in [1.165, 1.54) is 23.1 Å². The maximum atomic E-state index is 13.3. The van der Waals surface area contributed by atoms with E-state index in [-0.39, 0.29) is 42.1 Å². The molecule has 1 amide bonds. The van der Waals surface area contributed by atoms with Gasteiger partial charge >= 0.3 is 12.3 Å². The SMILES string of the molecule is CCOC(=O)N1CC=C2[C@@H](C1)[C@@H](c1cccc(C(F)(F)F)c1)C(C#N)=C(N)C2(C#N)C#N. The second-order valence-electron chi connectivity index (χ2n) is 7.38. The number of halogens is 3. The van der Waals surface area contributed by atoms with Gasteiger partial charge in [0.25, 0.3) is 0 Å². The van der Waals surface area contributed by atoms with E-state index in [0.717, 1.165) is 12.1 Å². The zero-order valence-electron chi connectivity index (χ0n) is 17.0. The number of ether oxygens (including phenoxy) is 1. The van der Waals surface area contributed by atoms with E-state index < -0.39 is 35.1 Å². The van der Waals surface area contributed by atoms with Gasteiger partial charge in [-0.25, -0.2) is 4.79 Å². The van der Waals surface area contributed by atoms with Crippen molar-refractivity contribution in [1.82, 2.24) is 4.90 Å². The van der Waals surface area contributed by atoms with Crippen LogP contribution in [0.3, 0.4) is 0 Å². The minimum atomic E-state index is -4.61. The Labute approximate surface area is 182 Å². The number of fused-ring (bicyclic) bond motifs is 1. The van der Waals surface area contributed by atoms with Crippen molar-refractivity contribution in [2.45, 2.75) is 19.0 Å². The van der Waals surface area contributed by atoms with Crippen LogP contribution in [0, 0.1) is 45.3 Å². The molecule has 0 aromatic heterocycles. The zero-order chi connectivity index (χ0) is 23.7. The summed E-state index contributed by atoms with van der Waals surface area (Å²) in [6.07, 6.45) is -3.76. The molecule has 0 unspecified atom stereocenters. The molecule has 0 saturated heterocycles. The molecule has 2 atom stereocenters. The van der Waals surface area contributed by atoms with E-state index in [0.29, 0.717) is 0 Å². The van der Waals surface area contributed by atoms with Crippen molar-refractivity contribution in [3.63, 3.8) is 0 Å². The molecule has 7 nitrogen and oxygen atoms in total. The van der Waals surface area contributed by atoms with Gasteiger partial charge in [-0.15, -0.1) is 0 Å². The number of rotatable bonds is 2. The fraction of sp³-hybridized carbons (Fsp3) is 0.364. The second kappa shape index (κ2) is 8.28. The van der Waals surface area contributed by atoms with Gasteiger partial charge in [-0.05, 0) is 24.1 Å². The van der Waals surface area contributed by atoms with Crippen LogP contribution >= 0.6 is 0 Å². The minimum Gasteiger partial charge on any atom is -0.450 e. The minimum absolute atomic E-state index is 0.0280. The van der Waals surface area contributed by atoms with Crippen LogP contribution in [0.2, 0.25) is 0 Å². The number of hydrogen-bond donors (Lipinski definition) is 1. The van der Waals surface area contributed by atoms with Gasteiger partial charge in [0.1, 0.15) is 0 Å². The van der Waals surface area contributed by atoms with Gasteiger partial charge < -0.3 is 15.4 Å². The van der Waals surface area contributed by atoms with Crippen LogP contribution in [0.1, 0.15) is 24.0 Å². The van der Waals surface area contributed by atoms with Gasteiger partial charge in [0.05, 0.1) is 41.6 Å². The molecule has 0 radical (unpaired) electrons. The van der Waals surface area contributed by atoms with Gasteiger partial charge in [-0.3, -0.25) is 0 Å². The van der Waals surface area contributed by atoms with Crippen LogP contribution < -0.4 is 5.73 Å². The first-order valence-corrected chi connectivity index (χ1v) is 9.66. The summed E-state index contributed by atoms with van der Waals surface area (Å²) in [7, 11) is 0. The number of hydrogen-bond acceptors (Lipinski definition) is 6. The van der Waals surface area contributed by atoms with Crippen LogP contribution in [0.4, 0.5) is 18.0 Å². The summed E-state index contributed by atoms with van der Waals surface area (Å²) >= 11 is 0. The number of benzene rings is 1. The molecule has 1 aromatic rings. The first-order chi connectivity index (χ1) is 15.1. The monoisotopic (exact) mass is 441 g/mol. The first kappa shape index (κ1) is 22.7.